The molecule has 0 aromatic heterocycles. The smallest absolute Gasteiger partial charge is 0.109 e. The van der Waals surface area contributed by atoms with Crippen molar-refractivity contribution < 1.29 is 4.74 Å². The molecule has 2 heteroatoms. The van der Waals surface area contributed by atoms with Crippen molar-refractivity contribution in [3.8, 4) is 0 Å². The van der Waals surface area contributed by atoms with E-state index in [0.717, 1.165) is 11.4 Å². The summed E-state index contributed by atoms with van der Waals surface area (Å²) >= 11 is 5.77. The summed E-state index contributed by atoms with van der Waals surface area (Å²) in [5.74, 6) is 0. The molecule has 0 bridgehead atoms. The van der Waals surface area contributed by atoms with Gasteiger partial charge in [-0.15, -0.1) is 0 Å². The summed E-state index contributed by atoms with van der Waals surface area (Å²) in [6.45, 7) is 2.14. The average Bonchev–Trinajstić information content (AvgIpc) is 2.85. The van der Waals surface area contributed by atoms with Crippen LogP contribution in [0, 0.1) is 0 Å². The molecular formula is C10H11ClO. The molecule has 0 N–H and O–H groups in total. The first kappa shape index (κ1) is 8.09. The average molecular weight is 183 g/mol. The molecule has 1 nitrogen and oxygen atoms in total. The SMILES string of the molecule is CCC1OC1c1ccc(Cl)cc1. The molecule has 0 aliphatic carbocycles. The molecule has 64 valence electrons. The van der Waals surface area contributed by atoms with Crippen molar-refractivity contribution in [3.63, 3.8) is 0 Å². The Bertz CT molecular complexity index is 268. The predicted octanol–water partition coefficient (Wildman–Crippen LogP) is 3.19. The van der Waals surface area contributed by atoms with Crippen molar-refractivity contribution in [1.29, 1.82) is 0 Å². The van der Waals surface area contributed by atoms with E-state index in [-0.39, 0.29) is 0 Å². The van der Waals surface area contributed by atoms with Gasteiger partial charge in [-0.25, -0.2) is 0 Å². The van der Waals surface area contributed by atoms with Gasteiger partial charge < -0.3 is 4.74 Å². The predicted molar refractivity (Wildman–Crippen MR) is 49.4 cm³/mol. The quantitative estimate of drug-likeness (QED) is 0.640. The first-order valence-electron chi connectivity index (χ1n) is 4.22. The maximum atomic E-state index is 5.77. The fourth-order valence-electron chi connectivity index (χ4n) is 1.40. The van der Waals surface area contributed by atoms with Crippen molar-refractivity contribution >= 4 is 11.6 Å². The highest BCUT2D eigenvalue weighted by molar-refractivity contribution is 6.30. The topological polar surface area (TPSA) is 12.5 Å². The number of halogens is 1. The number of ether oxygens (including phenoxy) is 1. The lowest BCUT2D eigenvalue weighted by Gasteiger charge is -1.94. The van der Waals surface area contributed by atoms with Gasteiger partial charge in [0.25, 0.3) is 0 Å². The maximum Gasteiger partial charge on any atom is 0.109 e. The van der Waals surface area contributed by atoms with Crippen LogP contribution in [0.5, 0.6) is 0 Å². The van der Waals surface area contributed by atoms with E-state index >= 15 is 0 Å². The van der Waals surface area contributed by atoms with E-state index < -0.39 is 0 Å². The molecule has 2 rings (SSSR count). The first-order chi connectivity index (χ1) is 5.81. The van der Waals surface area contributed by atoms with Crippen molar-refractivity contribution in [2.45, 2.75) is 25.6 Å². The highest BCUT2D eigenvalue weighted by Gasteiger charge is 2.37. The second-order valence-corrected chi connectivity index (χ2v) is 3.49. The molecule has 1 fully saturated rings. The summed E-state index contributed by atoms with van der Waals surface area (Å²) in [5.41, 5.74) is 1.24. The van der Waals surface area contributed by atoms with Gasteiger partial charge in [0.2, 0.25) is 0 Å². The summed E-state index contributed by atoms with van der Waals surface area (Å²) in [6.07, 6.45) is 1.85. The lowest BCUT2D eigenvalue weighted by atomic mass is 10.1. The Hall–Kier alpha value is -0.530. The minimum absolute atomic E-state index is 0.326. The largest absolute Gasteiger partial charge is 0.365 e. The van der Waals surface area contributed by atoms with Gasteiger partial charge >= 0.3 is 0 Å². The van der Waals surface area contributed by atoms with Gasteiger partial charge in [0, 0.05) is 5.02 Å². The fraction of sp³-hybridized carbons (Fsp3) is 0.400. The van der Waals surface area contributed by atoms with Gasteiger partial charge in [-0.2, -0.15) is 0 Å². The summed E-state index contributed by atoms with van der Waals surface area (Å²) < 4.78 is 5.45. The van der Waals surface area contributed by atoms with Crippen LogP contribution in [0.3, 0.4) is 0 Å². The van der Waals surface area contributed by atoms with Gasteiger partial charge in [0.1, 0.15) is 6.10 Å². The van der Waals surface area contributed by atoms with Crippen LogP contribution in [-0.2, 0) is 4.74 Å². The molecule has 2 unspecified atom stereocenters. The normalized spacial score (nSPS) is 27.2. The van der Waals surface area contributed by atoms with Crippen LogP contribution >= 0.6 is 11.6 Å². The van der Waals surface area contributed by atoms with Gasteiger partial charge in [0.15, 0.2) is 0 Å². The molecular weight excluding hydrogens is 172 g/mol. The first-order valence-corrected chi connectivity index (χ1v) is 4.60. The molecule has 2 atom stereocenters. The lowest BCUT2D eigenvalue weighted by Crippen LogP contribution is -1.85. The monoisotopic (exact) mass is 182 g/mol. The fourth-order valence-corrected chi connectivity index (χ4v) is 1.52. The Labute approximate surface area is 77.3 Å². The summed E-state index contributed by atoms with van der Waals surface area (Å²) in [7, 11) is 0. The molecule has 1 aromatic rings. The van der Waals surface area contributed by atoms with Gasteiger partial charge in [0.05, 0.1) is 6.10 Å². The van der Waals surface area contributed by atoms with Crippen LogP contribution in [0.1, 0.15) is 25.0 Å². The molecule has 0 amide bonds. The van der Waals surface area contributed by atoms with E-state index in [0.29, 0.717) is 12.2 Å². The molecule has 0 radical (unpaired) electrons. The van der Waals surface area contributed by atoms with E-state index in [1.807, 2.05) is 24.3 Å². The van der Waals surface area contributed by atoms with Crippen LogP contribution < -0.4 is 0 Å². The van der Waals surface area contributed by atoms with Crippen LogP contribution in [-0.4, -0.2) is 6.10 Å². The van der Waals surface area contributed by atoms with Crippen molar-refractivity contribution in [2.24, 2.45) is 0 Å². The minimum atomic E-state index is 0.326. The summed E-state index contributed by atoms with van der Waals surface area (Å²) in [4.78, 5) is 0. The molecule has 0 spiro atoms. The van der Waals surface area contributed by atoms with E-state index in [1.54, 1.807) is 0 Å². The Morgan fingerprint density at radius 3 is 2.50 bits per heavy atom. The standard InChI is InChI=1S/C10H11ClO/c1-2-9-10(12-9)7-3-5-8(11)6-4-7/h3-6,9-10H,2H2,1H3. The molecule has 1 saturated heterocycles. The van der Waals surface area contributed by atoms with E-state index in [1.165, 1.54) is 5.56 Å². The number of rotatable bonds is 2. The second-order valence-electron chi connectivity index (χ2n) is 3.05. The Morgan fingerprint density at radius 2 is 2.00 bits per heavy atom. The zero-order valence-corrected chi connectivity index (χ0v) is 7.71. The third-order valence-corrected chi connectivity index (χ3v) is 2.44. The Morgan fingerprint density at radius 1 is 1.33 bits per heavy atom. The molecule has 0 saturated carbocycles. The van der Waals surface area contributed by atoms with Crippen LogP contribution in [0.15, 0.2) is 24.3 Å². The van der Waals surface area contributed by atoms with Gasteiger partial charge in [-0.3, -0.25) is 0 Å². The number of benzene rings is 1. The van der Waals surface area contributed by atoms with Crippen LogP contribution in [0.4, 0.5) is 0 Å². The number of hydrogen-bond donors (Lipinski definition) is 0. The third kappa shape index (κ3) is 1.47. The molecule has 12 heavy (non-hydrogen) atoms. The minimum Gasteiger partial charge on any atom is -0.365 e. The van der Waals surface area contributed by atoms with Crippen molar-refractivity contribution in [3.05, 3.63) is 34.9 Å². The highest BCUT2D eigenvalue weighted by atomic mass is 35.5. The lowest BCUT2D eigenvalue weighted by molar-refractivity contribution is 0.370. The van der Waals surface area contributed by atoms with Crippen LogP contribution in [0.25, 0.3) is 0 Å². The zero-order valence-electron chi connectivity index (χ0n) is 6.96. The van der Waals surface area contributed by atoms with Crippen LogP contribution in [0.2, 0.25) is 5.02 Å². The molecule has 1 aromatic carbocycles. The van der Waals surface area contributed by atoms with E-state index in [9.17, 15) is 0 Å². The van der Waals surface area contributed by atoms with E-state index in [4.69, 9.17) is 16.3 Å². The highest BCUT2D eigenvalue weighted by Crippen LogP contribution is 2.40. The summed E-state index contributed by atoms with van der Waals surface area (Å²) in [5, 5.41) is 0.785. The Kier molecular flexibility index (Phi) is 2.07. The van der Waals surface area contributed by atoms with Gasteiger partial charge in [-0.05, 0) is 24.1 Å². The van der Waals surface area contributed by atoms with E-state index in [2.05, 4.69) is 6.92 Å². The molecule has 1 heterocycles. The van der Waals surface area contributed by atoms with Gasteiger partial charge in [-0.1, -0.05) is 30.7 Å². The number of hydrogen-bond acceptors (Lipinski definition) is 1. The van der Waals surface area contributed by atoms with Crippen molar-refractivity contribution in [1.82, 2.24) is 0 Å². The maximum absolute atomic E-state index is 5.77. The zero-order chi connectivity index (χ0) is 8.55. The van der Waals surface area contributed by atoms with Crippen molar-refractivity contribution in [2.75, 3.05) is 0 Å². The number of epoxide rings is 1. The molecule has 1 aliphatic rings. The molecule has 1 aliphatic heterocycles. The second kappa shape index (κ2) is 3.08. The summed E-state index contributed by atoms with van der Waals surface area (Å²) in [6, 6.07) is 7.88. The Balaban J connectivity index is 2.10. The third-order valence-electron chi connectivity index (χ3n) is 2.18.